The predicted octanol–water partition coefficient (Wildman–Crippen LogP) is 2.40. The molecule has 3 unspecified atom stereocenters. The van der Waals surface area contributed by atoms with Gasteiger partial charge in [-0.2, -0.15) is 0 Å². The molecule has 2 heteroatoms. The van der Waals surface area contributed by atoms with Gasteiger partial charge in [-0.25, -0.2) is 0 Å². The highest BCUT2D eigenvalue weighted by molar-refractivity contribution is 4.83. The van der Waals surface area contributed by atoms with Crippen LogP contribution in [0.3, 0.4) is 0 Å². The van der Waals surface area contributed by atoms with Gasteiger partial charge in [0, 0.05) is 0 Å². The molecule has 0 aromatic rings. The van der Waals surface area contributed by atoms with Gasteiger partial charge >= 0.3 is 0 Å². The molecule has 1 fully saturated rings. The van der Waals surface area contributed by atoms with E-state index in [4.69, 9.17) is 11.5 Å². The Morgan fingerprint density at radius 2 is 1.64 bits per heavy atom. The maximum Gasteiger partial charge on any atom is -0.0438 e. The minimum Gasteiger partial charge on any atom is -0.662 e. The molecule has 0 amide bonds. The molecule has 1 rings (SSSR count). The van der Waals surface area contributed by atoms with E-state index in [1.54, 1.807) is 0 Å². The van der Waals surface area contributed by atoms with E-state index in [-0.39, 0.29) is 6.17 Å². The summed E-state index contributed by atoms with van der Waals surface area (Å²) < 4.78 is 0. The van der Waals surface area contributed by atoms with Crippen LogP contribution in [0.4, 0.5) is 0 Å². The van der Waals surface area contributed by atoms with Crippen molar-refractivity contribution in [2.45, 2.75) is 39.3 Å². The summed E-state index contributed by atoms with van der Waals surface area (Å²) in [6.07, 6.45) is 3.30. The van der Waals surface area contributed by atoms with Crippen molar-refractivity contribution < 1.29 is 0 Å². The van der Waals surface area contributed by atoms with Gasteiger partial charge in [0.1, 0.15) is 0 Å². The zero-order valence-corrected chi connectivity index (χ0v) is 7.51. The Morgan fingerprint density at radius 1 is 1.18 bits per heavy atom. The van der Waals surface area contributed by atoms with Crippen molar-refractivity contribution in [2.75, 3.05) is 0 Å². The van der Waals surface area contributed by atoms with Crippen molar-refractivity contribution in [3.8, 4) is 0 Å². The molecule has 0 spiro atoms. The molecule has 1 aliphatic carbocycles. The second-order valence-electron chi connectivity index (χ2n) is 4.20. The fourth-order valence-corrected chi connectivity index (χ4v) is 2.30. The second kappa shape index (κ2) is 3.55. The van der Waals surface area contributed by atoms with E-state index in [2.05, 4.69) is 13.8 Å². The summed E-state index contributed by atoms with van der Waals surface area (Å²) in [5.74, 6) is 2.01. The van der Waals surface area contributed by atoms with Crippen molar-refractivity contribution in [1.82, 2.24) is 0 Å². The first kappa shape index (κ1) is 9.01. The van der Waals surface area contributed by atoms with Gasteiger partial charge in [-0.15, -0.1) is 0 Å². The third-order valence-electron chi connectivity index (χ3n) is 2.72. The largest absolute Gasteiger partial charge is 0.662 e. The first-order valence-corrected chi connectivity index (χ1v) is 4.56. The van der Waals surface area contributed by atoms with Gasteiger partial charge in [0.05, 0.1) is 0 Å². The first-order valence-electron chi connectivity index (χ1n) is 4.56. The monoisotopic (exact) mass is 155 g/mol. The third-order valence-corrected chi connectivity index (χ3v) is 2.72. The average molecular weight is 155 g/mol. The van der Waals surface area contributed by atoms with Crippen LogP contribution in [-0.4, -0.2) is 6.17 Å². The molecule has 0 bridgehead atoms. The predicted molar refractivity (Wildman–Crippen MR) is 48.0 cm³/mol. The summed E-state index contributed by atoms with van der Waals surface area (Å²) in [7, 11) is 0. The Bertz CT molecular complexity index is 113. The lowest BCUT2D eigenvalue weighted by Crippen LogP contribution is -2.32. The van der Waals surface area contributed by atoms with Crippen LogP contribution in [0.5, 0.6) is 0 Å². The fourth-order valence-electron chi connectivity index (χ4n) is 2.30. The lowest BCUT2D eigenvalue weighted by atomic mass is 9.76. The molecule has 2 nitrogen and oxygen atoms in total. The highest BCUT2D eigenvalue weighted by Gasteiger charge is 2.23. The zero-order valence-electron chi connectivity index (χ0n) is 7.51. The zero-order chi connectivity index (χ0) is 8.43. The number of hydrogen-bond acceptors (Lipinski definition) is 1. The minimum atomic E-state index is -0.347. The number of nitrogens with one attached hydrogen (secondary N) is 1. The van der Waals surface area contributed by atoms with E-state index in [0.717, 1.165) is 24.7 Å². The van der Waals surface area contributed by atoms with Crippen molar-refractivity contribution >= 4 is 0 Å². The molecule has 11 heavy (non-hydrogen) atoms. The molecule has 0 aliphatic heterocycles. The Hall–Kier alpha value is -0.0800. The summed E-state index contributed by atoms with van der Waals surface area (Å²) in [5, 5.41) is 0. The summed E-state index contributed by atoms with van der Waals surface area (Å²) in [6.45, 7) is 4.54. The third kappa shape index (κ3) is 2.46. The Balaban J connectivity index is 2.43. The molecule has 3 N–H and O–H groups in total. The van der Waals surface area contributed by atoms with E-state index in [1.165, 1.54) is 6.42 Å². The molecule has 0 aromatic heterocycles. The van der Waals surface area contributed by atoms with Gasteiger partial charge in [-0.1, -0.05) is 20.0 Å². The number of nitrogens with two attached hydrogens (primary N) is 1. The smallest absolute Gasteiger partial charge is 0.0438 e. The first-order chi connectivity index (χ1) is 5.09. The topological polar surface area (TPSA) is 49.8 Å². The quantitative estimate of drug-likeness (QED) is 0.621. The number of rotatable bonds is 1. The van der Waals surface area contributed by atoms with Crippen LogP contribution in [0.1, 0.15) is 33.1 Å². The lowest BCUT2D eigenvalue weighted by molar-refractivity contribution is 0.206. The molecular formula is C9H19N2-. The molecule has 0 saturated heterocycles. The van der Waals surface area contributed by atoms with Gasteiger partial charge in [0.15, 0.2) is 0 Å². The fraction of sp³-hybridized carbons (Fsp3) is 1.00. The van der Waals surface area contributed by atoms with Gasteiger partial charge in [0.25, 0.3) is 0 Å². The molecule has 1 saturated carbocycles. The van der Waals surface area contributed by atoms with Crippen LogP contribution in [0.2, 0.25) is 0 Å². The summed E-state index contributed by atoms with van der Waals surface area (Å²) in [6, 6.07) is 0. The van der Waals surface area contributed by atoms with E-state index in [1.807, 2.05) is 0 Å². The second-order valence-corrected chi connectivity index (χ2v) is 4.20. The van der Waals surface area contributed by atoms with E-state index < -0.39 is 0 Å². The van der Waals surface area contributed by atoms with Crippen LogP contribution in [0.15, 0.2) is 0 Å². The summed E-state index contributed by atoms with van der Waals surface area (Å²) in [4.78, 5) is 0. The van der Waals surface area contributed by atoms with Gasteiger partial charge in [-0.3, -0.25) is 0 Å². The van der Waals surface area contributed by atoms with Crippen LogP contribution < -0.4 is 5.73 Å². The molecular weight excluding hydrogens is 136 g/mol. The van der Waals surface area contributed by atoms with Crippen molar-refractivity contribution in [3.63, 3.8) is 0 Å². The van der Waals surface area contributed by atoms with Crippen LogP contribution in [0.25, 0.3) is 5.73 Å². The van der Waals surface area contributed by atoms with Crippen molar-refractivity contribution in [3.05, 3.63) is 5.73 Å². The molecule has 3 atom stereocenters. The summed E-state index contributed by atoms with van der Waals surface area (Å²) >= 11 is 0. The lowest BCUT2D eigenvalue weighted by Gasteiger charge is -2.37. The van der Waals surface area contributed by atoms with E-state index >= 15 is 0 Å². The standard InChI is InChI=1S/C9H19N2/c1-6-3-7(2)5-8(4-6)9(10)11/h6-10H,3-5,11H2,1-2H3/q-1. The Labute approximate surface area is 69.3 Å². The highest BCUT2D eigenvalue weighted by atomic mass is 14.9. The normalized spacial score (nSPS) is 42.0. The van der Waals surface area contributed by atoms with E-state index in [0.29, 0.717) is 5.92 Å². The van der Waals surface area contributed by atoms with E-state index in [9.17, 15) is 0 Å². The van der Waals surface area contributed by atoms with Crippen molar-refractivity contribution in [1.29, 1.82) is 0 Å². The van der Waals surface area contributed by atoms with Crippen molar-refractivity contribution in [2.24, 2.45) is 23.5 Å². The maximum absolute atomic E-state index is 7.43. The minimum absolute atomic E-state index is 0.347. The van der Waals surface area contributed by atoms with Crippen LogP contribution in [0, 0.1) is 17.8 Å². The maximum atomic E-state index is 7.43. The Morgan fingerprint density at radius 3 is 2.00 bits per heavy atom. The van der Waals surface area contributed by atoms with Crippen LogP contribution >= 0.6 is 0 Å². The molecule has 0 heterocycles. The van der Waals surface area contributed by atoms with Gasteiger partial charge < -0.3 is 11.5 Å². The average Bonchev–Trinajstić information content (AvgIpc) is 1.85. The number of hydrogen-bond donors (Lipinski definition) is 1. The van der Waals surface area contributed by atoms with Gasteiger partial charge in [0.2, 0.25) is 0 Å². The van der Waals surface area contributed by atoms with Gasteiger partial charge in [-0.05, 0) is 37.0 Å². The summed E-state index contributed by atoms with van der Waals surface area (Å²) in [5.41, 5.74) is 13.0. The molecule has 0 radical (unpaired) electrons. The Kier molecular flexibility index (Phi) is 2.90. The SMILES string of the molecule is CC1CC(C)CC(C([NH-])N)C1. The molecule has 0 aromatic carbocycles. The molecule has 66 valence electrons. The highest BCUT2D eigenvalue weighted by Crippen LogP contribution is 2.34. The van der Waals surface area contributed by atoms with Crippen LogP contribution in [-0.2, 0) is 0 Å². The molecule has 1 aliphatic rings.